The molecule has 116 valence electrons. The highest BCUT2D eigenvalue weighted by Crippen LogP contribution is 2.24. The number of aryl methyl sites for hydroxylation is 1. The van der Waals surface area contributed by atoms with Crippen molar-refractivity contribution in [2.45, 2.75) is 46.5 Å². The van der Waals surface area contributed by atoms with E-state index < -0.39 is 5.41 Å². The number of carbonyl (C=O) groups excluding carboxylic acids is 1. The van der Waals surface area contributed by atoms with E-state index in [1.54, 1.807) is 0 Å². The van der Waals surface area contributed by atoms with Crippen molar-refractivity contribution < 1.29 is 9.32 Å². The quantitative estimate of drug-likeness (QED) is 0.758. The summed E-state index contributed by atoms with van der Waals surface area (Å²) in [6, 6.07) is 0. The van der Waals surface area contributed by atoms with Crippen molar-refractivity contribution in [2.75, 3.05) is 13.1 Å². The lowest BCUT2D eigenvalue weighted by molar-refractivity contribution is -0.131. The van der Waals surface area contributed by atoms with Crippen LogP contribution in [0.1, 0.15) is 45.3 Å². The van der Waals surface area contributed by atoms with Gasteiger partial charge in [0.25, 0.3) is 0 Å². The van der Waals surface area contributed by atoms with Crippen molar-refractivity contribution in [1.29, 1.82) is 0 Å². The largest absolute Gasteiger partial charge is 0.355 e. The fourth-order valence-corrected chi connectivity index (χ4v) is 1.96. The molecule has 1 rings (SSSR count). The number of rotatable bonds is 8. The van der Waals surface area contributed by atoms with Crippen molar-refractivity contribution in [3.8, 4) is 0 Å². The molecule has 0 aliphatic heterocycles. The van der Waals surface area contributed by atoms with Gasteiger partial charge in [0.05, 0.1) is 5.41 Å². The Morgan fingerprint density at radius 1 is 1.35 bits per heavy atom. The SMILES string of the molecule is CCc1nc(CCNC(=O)C(CC)(CC)CN)no1.Cl. The second-order valence-electron chi connectivity index (χ2n) is 4.66. The van der Waals surface area contributed by atoms with Gasteiger partial charge in [-0.3, -0.25) is 4.79 Å². The van der Waals surface area contributed by atoms with Gasteiger partial charge in [-0.2, -0.15) is 4.98 Å². The highest BCUT2D eigenvalue weighted by Gasteiger charge is 2.32. The lowest BCUT2D eigenvalue weighted by atomic mass is 9.81. The molecule has 7 heteroatoms. The maximum atomic E-state index is 12.2. The first-order valence-corrected chi connectivity index (χ1v) is 6.91. The van der Waals surface area contributed by atoms with Gasteiger partial charge in [0.15, 0.2) is 5.82 Å². The van der Waals surface area contributed by atoms with Gasteiger partial charge in [-0.05, 0) is 12.8 Å². The third kappa shape index (κ3) is 4.45. The summed E-state index contributed by atoms with van der Waals surface area (Å²) in [7, 11) is 0. The number of amides is 1. The van der Waals surface area contributed by atoms with Gasteiger partial charge >= 0.3 is 0 Å². The van der Waals surface area contributed by atoms with E-state index in [-0.39, 0.29) is 18.3 Å². The predicted octanol–water partition coefficient (Wildman–Crippen LogP) is 1.48. The number of hydrogen-bond donors (Lipinski definition) is 2. The Morgan fingerprint density at radius 3 is 2.45 bits per heavy atom. The molecule has 0 fully saturated rings. The Hall–Kier alpha value is -1.14. The third-order valence-electron chi connectivity index (χ3n) is 3.67. The highest BCUT2D eigenvalue weighted by atomic mass is 35.5. The van der Waals surface area contributed by atoms with Crippen LogP contribution in [0.3, 0.4) is 0 Å². The van der Waals surface area contributed by atoms with Crippen molar-refractivity contribution in [3.05, 3.63) is 11.7 Å². The molecule has 0 atom stereocenters. The zero-order valence-corrected chi connectivity index (χ0v) is 13.3. The molecule has 0 unspecified atom stereocenters. The van der Waals surface area contributed by atoms with E-state index in [1.165, 1.54) is 0 Å². The van der Waals surface area contributed by atoms with E-state index in [4.69, 9.17) is 10.3 Å². The lowest BCUT2D eigenvalue weighted by Gasteiger charge is -2.28. The summed E-state index contributed by atoms with van der Waals surface area (Å²) in [6.45, 7) is 6.81. The van der Waals surface area contributed by atoms with Crippen LogP contribution in [0.2, 0.25) is 0 Å². The minimum Gasteiger partial charge on any atom is -0.355 e. The smallest absolute Gasteiger partial charge is 0.227 e. The Bertz CT molecular complexity index is 397. The van der Waals surface area contributed by atoms with E-state index in [2.05, 4.69) is 15.5 Å². The number of halogens is 1. The number of carbonyl (C=O) groups is 1. The first-order chi connectivity index (χ1) is 9.11. The Morgan fingerprint density at radius 2 is 2.00 bits per heavy atom. The first kappa shape index (κ1) is 18.9. The lowest BCUT2D eigenvalue weighted by Crippen LogP contribution is -2.45. The van der Waals surface area contributed by atoms with Gasteiger partial charge in [0, 0.05) is 25.9 Å². The molecule has 1 amide bonds. The van der Waals surface area contributed by atoms with Crippen LogP contribution in [-0.4, -0.2) is 29.1 Å². The molecule has 0 radical (unpaired) electrons. The summed E-state index contributed by atoms with van der Waals surface area (Å²) < 4.78 is 5.01. The van der Waals surface area contributed by atoms with Crippen LogP contribution < -0.4 is 11.1 Å². The average molecular weight is 305 g/mol. The zero-order chi connectivity index (χ0) is 14.3. The number of nitrogens with zero attached hydrogens (tertiary/aromatic N) is 2. The molecule has 0 aliphatic carbocycles. The van der Waals surface area contributed by atoms with Crippen LogP contribution in [-0.2, 0) is 17.6 Å². The van der Waals surface area contributed by atoms with Crippen molar-refractivity contribution >= 4 is 18.3 Å². The molecule has 0 saturated heterocycles. The maximum Gasteiger partial charge on any atom is 0.227 e. The van der Waals surface area contributed by atoms with Crippen LogP contribution in [0.25, 0.3) is 0 Å². The molecule has 20 heavy (non-hydrogen) atoms. The molecule has 0 aromatic carbocycles. The van der Waals surface area contributed by atoms with Crippen LogP contribution in [0.5, 0.6) is 0 Å². The number of hydrogen-bond acceptors (Lipinski definition) is 5. The normalized spacial score (nSPS) is 11.0. The Kier molecular flexibility index (Phi) is 8.41. The standard InChI is InChI=1S/C13H24N4O2.ClH/c1-4-11-16-10(17-19-11)7-8-15-12(18)13(5-2,6-3)9-14;/h4-9,14H2,1-3H3,(H,15,18);1H. The van der Waals surface area contributed by atoms with Crippen LogP contribution in [0.15, 0.2) is 4.52 Å². The van der Waals surface area contributed by atoms with E-state index >= 15 is 0 Å². The maximum absolute atomic E-state index is 12.2. The van der Waals surface area contributed by atoms with Gasteiger partial charge in [-0.15, -0.1) is 12.4 Å². The predicted molar refractivity (Wildman–Crippen MR) is 79.7 cm³/mol. The second kappa shape index (κ2) is 8.92. The van der Waals surface area contributed by atoms with E-state index in [9.17, 15) is 4.79 Å². The molecule has 3 N–H and O–H groups in total. The fourth-order valence-electron chi connectivity index (χ4n) is 1.96. The van der Waals surface area contributed by atoms with Gasteiger partial charge < -0.3 is 15.6 Å². The fraction of sp³-hybridized carbons (Fsp3) is 0.769. The van der Waals surface area contributed by atoms with E-state index in [0.717, 1.165) is 19.3 Å². The number of aromatic nitrogens is 2. The zero-order valence-electron chi connectivity index (χ0n) is 12.4. The summed E-state index contributed by atoms with van der Waals surface area (Å²) in [6.07, 6.45) is 2.78. The highest BCUT2D eigenvalue weighted by molar-refractivity contribution is 5.85. The monoisotopic (exact) mass is 304 g/mol. The molecular formula is C13H25ClN4O2. The second-order valence-corrected chi connectivity index (χ2v) is 4.66. The minimum atomic E-state index is -0.453. The summed E-state index contributed by atoms with van der Waals surface area (Å²) in [5, 5.41) is 6.76. The van der Waals surface area contributed by atoms with Crippen molar-refractivity contribution in [2.24, 2.45) is 11.1 Å². The molecule has 0 spiro atoms. The molecule has 1 aromatic rings. The Labute approximate surface area is 126 Å². The molecule has 1 heterocycles. The van der Waals surface area contributed by atoms with Gasteiger partial charge in [-0.1, -0.05) is 25.9 Å². The molecular weight excluding hydrogens is 280 g/mol. The third-order valence-corrected chi connectivity index (χ3v) is 3.67. The van der Waals surface area contributed by atoms with Crippen LogP contribution in [0.4, 0.5) is 0 Å². The average Bonchev–Trinajstić information content (AvgIpc) is 2.89. The summed E-state index contributed by atoms with van der Waals surface area (Å²) in [4.78, 5) is 16.3. The summed E-state index contributed by atoms with van der Waals surface area (Å²) in [5.41, 5.74) is 5.28. The number of nitrogens with one attached hydrogen (secondary N) is 1. The van der Waals surface area contributed by atoms with Gasteiger partial charge in [-0.25, -0.2) is 0 Å². The van der Waals surface area contributed by atoms with E-state index in [1.807, 2.05) is 20.8 Å². The summed E-state index contributed by atoms with van der Waals surface area (Å²) >= 11 is 0. The molecule has 0 aliphatic rings. The summed E-state index contributed by atoms with van der Waals surface area (Å²) in [5.74, 6) is 1.27. The van der Waals surface area contributed by atoms with Crippen molar-refractivity contribution in [1.82, 2.24) is 15.5 Å². The number of nitrogens with two attached hydrogens (primary N) is 1. The van der Waals surface area contributed by atoms with Gasteiger partial charge in [0.2, 0.25) is 11.8 Å². The van der Waals surface area contributed by atoms with Gasteiger partial charge in [0.1, 0.15) is 0 Å². The first-order valence-electron chi connectivity index (χ1n) is 6.91. The van der Waals surface area contributed by atoms with Crippen LogP contribution in [0, 0.1) is 5.41 Å². The minimum absolute atomic E-state index is 0. The molecule has 0 saturated carbocycles. The molecule has 0 bridgehead atoms. The van der Waals surface area contributed by atoms with Crippen molar-refractivity contribution in [3.63, 3.8) is 0 Å². The molecule has 6 nitrogen and oxygen atoms in total. The molecule has 1 aromatic heterocycles. The van der Waals surface area contributed by atoms with Crippen LogP contribution >= 0.6 is 12.4 Å². The Balaban J connectivity index is 0.00000361. The topological polar surface area (TPSA) is 94.0 Å². The van der Waals surface area contributed by atoms with E-state index in [0.29, 0.717) is 31.2 Å².